The maximum atomic E-state index is 13.6. The zero-order valence-corrected chi connectivity index (χ0v) is 18.3. The molecule has 0 aliphatic heterocycles. The van der Waals surface area contributed by atoms with Crippen molar-refractivity contribution in [3.8, 4) is 29.0 Å². The van der Waals surface area contributed by atoms with Gasteiger partial charge in [-0.3, -0.25) is 9.48 Å². The van der Waals surface area contributed by atoms with E-state index in [2.05, 4.69) is 26.0 Å². The predicted molar refractivity (Wildman–Crippen MR) is 112 cm³/mol. The number of H-pyrrole nitrogens is 1. The molecule has 170 valence electrons. The highest BCUT2D eigenvalue weighted by molar-refractivity contribution is 9.10. The molecule has 3 N–H and O–H groups in total. The number of nitrogens with zero attached hydrogens (tertiary/aromatic N) is 4. The monoisotopic (exact) mass is 524 g/mol. The number of nitrogen functional groups attached to an aromatic ring is 1. The van der Waals surface area contributed by atoms with Gasteiger partial charge in [0.25, 0.3) is 18.4 Å². The summed E-state index contributed by atoms with van der Waals surface area (Å²) < 4.78 is 59.1. The smallest absolute Gasteiger partial charge is 0.283 e. The molecule has 0 aliphatic rings. The molecule has 0 fully saturated rings. The number of methoxy groups -OCH3 is 1. The summed E-state index contributed by atoms with van der Waals surface area (Å²) in [5.74, 6) is -0.0644. The Hall–Kier alpha value is -3.84. The maximum absolute atomic E-state index is 13.6. The van der Waals surface area contributed by atoms with Crippen molar-refractivity contribution in [3.63, 3.8) is 0 Å². The Bertz CT molecular complexity index is 1370. The summed E-state index contributed by atoms with van der Waals surface area (Å²) >= 11 is 2.76. The summed E-state index contributed by atoms with van der Waals surface area (Å²) in [5, 5.41) is 22.5. The van der Waals surface area contributed by atoms with Crippen LogP contribution in [-0.2, 0) is 6.54 Å². The van der Waals surface area contributed by atoms with Crippen LogP contribution in [0.15, 0.2) is 27.5 Å². The summed E-state index contributed by atoms with van der Waals surface area (Å²) in [5.41, 5.74) is 3.09. The second kappa shape index (κ2) is 9.34. The number of ether oxygens (including phenoxy) is 1. The minimum absolute atomic E-state index is 0.0610. The molecule has 13 heteroatoms. The van der Waals surface area contributed by atoms with Crippen molar-refractivity contribution >= 4 is 21.7 Å². The Morgan fingerprint density at radius 3 is 2.42 bits per heavy atom. The molecule has 0 bridgehead atoms. The SMILES string of the molecule is COc1ccc(-c2c(C#N)c(N)[nH]c(=O)c2C#N)cc1Cn1nc(C(F)F)c(Br)c1C(F)F. The number of aromatic amines is 1. The third-order valence-corrected chi connectivity index (χ3v) is 5.54. The minimum Gasteiger partial charge on any atom is -0.496 e. The van der Waals surface area contributed by atoms with Crippen LogP contribution in [0.2, 0.25) is 0 Å². The highest BCUT2D eigenvalue weighted by Crippen LogP contribution is 2.37. The average Bonchev–Trinajstić information content (AvgIpc) is 3.09. The fourth-order valence-electron chi connectivity index (χ4n) is 3.29. The third kappa shape index (κ3) is 4.27. The van der Waals surface area contributed by atoms with Crippen molar-refractivity contribution in [2.75, 3.05) is 12.8 Å². The van der Waals surface area contributed by atoms with Gasteiger partial charge in [-0.25, -0.2) is 17.6 Å². The first-order valence-electron chi connectivity index (χ1n) is 9.00. The Kier molecular flexibility index (Phi) is 6.74. The Balaban J connectivity index is 2.24. The molecule has 0 amide bonds. The lowest BCUT2D eigenvalue weighted by atomic mass is 9.95. The number of rotatable bonds is 6. The van der Waals surface area contributed by atoms with E-state index in [4.69, 9.17) is 10.5 Å². The molecule has 2 heterocycles. The number of hydrogen-bond donors (Lipinski definition) is 2. The summed E-state index contributed by atoms with van der Waals surface area (Å²) in [7, 11) is 1.31. The van der Waals surface area contributed by atoms with E-state index < -0.39 is 40.8 Å². The van der Waals surface area contributed by atoms with E-state index in [0.29, 0.717) is 4.68 Å². The molecule has 0 saturated carbocycles. The van der Waals surface area contributed by atoms with Crippen molar-refractivity contribution in [2.45, 2.75) is 19.4 Å². The summed E-state index contributed by atoms with van der Waals surface area (Å²) in [6.07, 6.45) is -6.21. The van der Waals surface area contributed by atoms with Crippen LogP contribution < -0.4 is 16.0 Å². The van der Waals surface area contributed by atoms with Gasteiger partial charge >= 0.3 is 0 Å². The van der Waals surface area contributed by atoms with Crippen molar-refractivity contribution in [1.29, 1.82) is 10.5 Å². The van der Waals surface area contributed by atoms with Gasteiger partial charge in [-0.1, -0.05) is 6.07 Å². The van der Waals surface area contributed by atoms with Crippen molar-refractivity contribution in [3.05, 3.63) is 61.1 Å². The first-order valence-corrected chi connectivity index (χ1v) is 9.79. The second-order valence-corrected chi connectivity index (χ2v) is 7.38. The first kappa shape index (κ1) is 23.8. The number of nitrogens with one attached hydrogen (secondary N) is 1. The van der Waals surface area contributed by atoms with Crippen molar-refractivity contribution in [2.24, 2.45) is 0 Å². The highest BCUT2D eigenvalue weighted by Gasteiger charge is 2.28. The molecule has 0 radical (unpaired) electrons. The average molecular weight is 525 g/mol. The van der Waals surface area contributed by atoms with Crippen LogP contribution in [0.4, 0.5) is 23.4 Å². The first-order chi connectivity index (χ1) is 15.6. The lowest BCUT2D eigenvalue weighted by Gasteiger charge is -2.14. The van der Waals surface area contributed by atoms with Crippen LogP contribution in [-0.4, -0.2) is 21.9 Å². The molecule has 0 unspecified atom stereocenters. The lowest BCUT2D eigenvalue weighted by molar-refractivity contribution is 0.139. The molecule has 33 heavy (non-hydrogen) atoms. The van der Waals surface area contributed by atoms with Gasteiger partial charge in [-0.05, 0) is 33.6 Å². The van der Waals surface area contributed by atoms with E-state index in [1.165, 1.54) is 25.3 Å². The van der Waals surface area contributed by atoms with E-state index in [1.54, 1.807) is 6.07 Å². The van der Waals surface area contributed by atoms with E-state index >= 15 is 0 Å². The standard InChI is InChI=1S/C20H13BrF4N6O2/c1-33-12-3-2-8(13-10(5-26)19(28)29-20(32)11(13)6-27)4-9(12)7-31-16(18(24)25)14(21)15(30-31)17(22)23/h2-4,17-18H,7H2,1H3,(H3,28,29,32). The summed E-state index contributed by atoms with van der Waals surface area (Å²) in [6, 6.07) is 7.78. The normalized spacial score (nSPS) is 11.0. The minimum atomic E-state index is -3.11. The quantitative estimate of drug-likeness (QED) is 0.462. The lowest BCUT2D eigenvalue weighted by Crippen LogP contribution is -2.16. The molecule has 2 aromatic heterocycles. The van der Waals surface area contributed by atoms with Crippen LogP contribution in [0, 0.1) is 22.7 Å². The van der Waals surface area contributed by atoms with Crippen LogP contribution in [0.1, 0.15) is 40.9 Å². The van der Waals surface area contributed by atoms with Crippen molar-refractivity contribution in [1.82, 2.24) is 14.8 Å². The Morgan fingerprint density at radius 1 is 1.21 bits per heavy atom. The summed E-state index contributed by atoms with van der Waals surface area (Å²) in [6.45, 7) is -0.412. The number of nitrogens with two attached hydrogens (primary N) is 1. The Morgan fingerprint density at radius 2 is 1.88 bits per heavy atom. The molecule has 0 saturated heterocycles. The fourth-order valence-corrected chi connectivity index (χ4v) is 3.92. The number of pyridine rings is 1. The molecular formula is C20H13BrF4N6O2. The van der Waals surface area contributed by atoms with Crippen molar-refractivity contribution < 1.29 is 22.3 Å². The molecular weight excluding hydrogens is 512 g/mol. The highest BCUT2D eigenvalue weighted by atomic mass is 79.9. The van der Waals surface area contributed by atoms with E-state index in [-0.39, 0.29) is 39.4 Å². The van der Waals surface area contributed by atoms with Crippen LogP contribution in [0.3, 0.4) is 0 Å². The molecule has 0 aliphatic carbocycles. The number of nitriles is 2. The van der Waals surface area contributed by atoms with Crippen LogP contribution in [0.25, 0.3) is 11.1 Å². The maximum Gasteiger partial charge on any atom is 0.283 e. The van der Waals surface area contributed by atoms with Gasteiger partial charge in [0.15, 0.2) is 0 Å². The van der Waals surface area contributed by atoms with Gasteiger partial charge in [-0.2, -0.15) is 15.6 Å². The number of halogens is 5. The number of alkyl halides is 4. The van der Waals surface area contributed by atoms with Gasteiger partial charge in [0, 0.05) is 11.1 Å². The van der Waals surface area contributed by atoms with E-state index in [0.717, 1.165) is 0 Å². The number of hydrogen-bond acceptors (Lipinski definition) is 6. The molecule has 1 aromatic carbocycles. The largest absolute Gasteiger partial charge is 0.496 e. The van der Waals surface area contributed by atoms with Gasteiger partial charge in [0.2, 0.25) is 0 Å². The topological polar surface area (TPSA) is 134 Å². The molecule has 3 aromatic rings. The molecule has 0 spiro atoms. The molecule has 0 atom stereocenters. The third-order valence-electron chi connectivity index (χ3n) is 4.73. The van der Waals surface area contributed by atoms with E-state index in [9.17, 15) is 32.9 Å². The Labute approximate surface area is 191 Å². The van der Waals surface area contributed by atoms with E-state index in [1.807, 2.05) is 6.07 Å². The number of benzene rings is 1. The predicted octanol–water partition coefficient (Wildman–Crippen LogP) is 4.26. The fraction of sp³-hybridized carbons (Fsp3) is 0.200. The zero-order valence-electron chi connectivity index (χ0n) is 16.7. The number of anilines is 1. The van der Waals surface area contributed by atoms with Gasteiger partial charge in [0.1, 0.15) is 46.2 Å². The molecule has 8 nitrogen and oxygen atoms in total. The summed E-state index contributed by atoms with van der Waals surface area (Å²) in [4.78, 5) is 14.4. The van der Waals surface area contributed by atoms with Crippen LogP contribution in [0.5, 0.6) is 5.75 Å². The van der Waals surface area contributed by atoms with Crippen LogP contribution >= 0.6 is 15.9 Å². The van der Waals surface area contributed by atoms with Gasteiger partial charge < -0.3 is 15.5 Å². The van der Waals surface area contributed by atoms with Gasteiger partial charge in [-0.15, -0.1) is 0 Å². The second-order valence-electron chi connectivity index (χ2n) is 6.59. The molecule has 3 rings (SSSR count). The van der Waals surface area contributed by atoms with Gasteiger partial charge in [0.05, 0.1) is 18.1 Å². The zero-order chi connectivity index (χ0) is 24.4. The number of aromatic nitrogens is 3.